The Hall–Kier alpha value is -1.55. The molecule has 0 aliphatic carbocycles. The van der Waals surface area contributed by atoms with Crippen molar-refractivity contribution in [1.29, 1.82) is 0 Å². The van der Waals surface area contributed by atoms with Gasteiger partial charge in [0.2, 0.25) is 0 Å². The second-order valence-corrected chi connectivity index (χ2v) is 5.41. The van der Waals surface area contributed by atoms with Crippen LogP contribution in [0.2, 0.25) is 0 Å². The van der Waals surface area contributed by atoms with Gasteiger partial charge in [0.15, 0.2) is 0 Å². The Kier molecular flexibility index (Phi) is 5.01. The number of carbonyl (C=O) groups excluding carboxylic acids is 1. The second kappa shape index (κ2) is 6.75. The van der Waals surface area contributed by atoms with Gasteiger partial charge in [-0.3, -0.25) is 4.79 Å². The zero-order valence-electron chi connectivity index (χ0n) is 12.5. The molecule has 0 radical (unpaired) electrons. The third kappa shape index (κ3) is 3.51. The van der Waals surface area contributed by atoms with Crippen LogP contribution in [0.1, 0.15) is 37.0 Å². The third-order valence-electron chi connectivity index (χ3n) is 3.48. The Morgan fingerprint density at radius 1 is 1.35 bits per heavy atom. The predicted octanol–water partition coefficient (Wildman–Crippen LogP) is 2.72. The van der Waals surface area contributed by atoms with E-state index in [0.29, 0.717) is 17.9 Å². The first-order chi connectivity index (χ1) is 9.61. The van der Waals surface area contributed by atoms with Crippen LogP contribution in [0.5, 0.6) is 5.75 Å². The number of hydrogen-bond acceptors (Lipinski definition) is 3. The summed E-state index contributed by atoms with van der Waals surface area (Å²) in [5, 5.41) is 0. The second-order valence-electron chi connectivity index (χ2n) is 5.41. The van der Waals surface area contributed by atoms with Crippen molar-refractivity contribution in [3.63, 3.8) is 0 Å². The van der Waals surface area contributed by atoms with Crippen molar-refractivity contribution in [3.8, 4) is 5.75 Å². The highest BCUT2D eigenvalue weighted by molar-refractivity contribution is 5.97. The molecular formula is C16H23NO3. The number of likely N-dealkylation sites (tertiary alicyclic amines) is 1. The van der Waals surface area contributed by atoms with Gasteiger partial charge in [0.1, 0.15) is 5.75 Å². The summed E-state index contributed by atoms with van der Waals surface area (Å²) in [6.07, 6.45) is 2.20. The number of ether oxygens (including phenoxy) is 2. The van der Waals surface area contributed by atoms with Gasteiger partial charge in [-0.05, 0) is 38.8 Å². The lowest BCUT2D eigenvalue weighted by molar-refractivity contribution is 0.0266. The summed E-state index contributed by atoms with van der Waals surface area (Å²) in [6.45, 7) is 5.37. The molecule has 1 saturated heterocycles. The predicted molar refractivity (Wildman–Crippen MR) is 78.1 cm³/mol. The van der Waals surface area contributed by atoms with Gasteiger partial charge in [0.05, 0.1) is 17.8 Å². The van der Waals surface area contributed by atoms with E-state index in [9.17, 15) is 4.79 Å². The largest absolute Gasteiger partial charge is 0.490 e. The number of methoxy groups -OCH3 is 1. The SMILES string of the molecule is COC1CCCN(C(=O)c2ccccc2OC(C)C)C1. The summed E-state index contributed by atoms with van der Waals surface area (Å²) >= 11 is 0. The van der Waals surface area contributed by atoms with Crippen LogP contribution in [-0.4, -0.2) is 43.2 Å². The van der Waals surface area contributed by atoms with Crippen molar-refractivity contribution in [3.05, 3.63) is 29.8 Å². The minimum absolute atomic E-state index is 0.0306. The molecule has 1 aromatic carbocycles. The van der Waals surface area contributed by atoms with Crippen LogP contribution >= 0.6 is 0 Å². The highest BCUT2D eigenvalue weighted by Gasteiger charge is 2.26. The first-order valence-electron chi connectivity index (χ1n) is 7.19. The maximum Gasteiger partial charge on any atom is 0.257 e. The lowest BCUT2D eigenvalue weighted by Gasteiger charge is -2.32. The zero-order chi connectivity index (χ0) is 14.5. The molecule has 1 heterocycles. The minimum atomic E-state index is 0.0306. The molecular weight excluding hydrogens is 254 g/mol. The molecule has 4 heteroatoms. The fourth-order valence-electron chi connectivity index (χ4n) is 2.49. The van der Waals surface area contributed by atoms with Gasteiger partial charge < -0.3 is 14.4 Å². The monoisotopic (exact) mass is 277 g/mol. The number of piperidine rings is 1. The summed E-state index contributed by atoms with van der Waals surface area (Å²) < 4.78 is 11.1. The van der Waals surface area contributed by atoms with E-state index in [2.05, 4.69) is 0 Å². The Morgan fingerprint density at radius 2 is 2.10 bits per heavy atom. The summed E-state index contributed by atoms with van der Waals surface area (Å²) in [5.74, 6) is 0.690. The summed E-state index contributed by atoms with van der Waals surface area (Å²) in [6, 6.07) is 7.45. The number of hydrogen-bond donors (Lipinski definition) is 0. The number of carbonyl (C=O) groups is 1. The van der Waals surface area contributed by atoms with E-state index in [1.807, 2.05) is 43.0 Å². The van der Waals surface area contributed by atoms with Crippen LogP contribution in [-0.2, 0) is 4.74 Å². The summed E-state index contributed by atoms with van der Waals surface area (Å²) in [4.78, 5) is 14.5. The number of rotatable bonds is 4. The molecule has 1 amide bonds. The Labute approximate surface area is 120 Å². The van der Waals surface area contributed by atoms with E-state index in [4.69, 9.17) is 9.47 Å². The topological polar surface area (TPSA) is 38.8 Å². The van der Waals surface area contributed by atoms with Crippen molar-refractivity contribution in [1.82, 2.24) is 4.90 Å². The zero-order valence-corrected chi connectivity index (χ0v) is 12.5. The van der Waals surface area contributed by atoms with Crippen molar-refractivity contribution in [2.45, 2.75) is 38.9 Å². The van der Waals surface area contributed by atoms with E-state index in [0.717, 1.165) is 19.4 Å². The number of amides is 1. The van der Waals surface area contributed by atoms with E-state index < -0.39 is 0 Å². The highest BCUT2D eigenvalue weighted by Crippen LogP contribution is 2.23. The minimum Gasteiger partial charge on any atom is -0.490 e. The lowest BCUT2D eigenvalue weighted by Crippen LogP contribution is -2.43. The molecule has 0 bridgehead atoms. The molecule has 1 fully saturated rings. The Morgan fingerprint density at radius 3 is 2.80 bits per heavy atom. The molecule has 0 N–H and O–H groups in total. The maximum absolute atomic E-state index is 12.7. The molecule has 0 saturated carbocycles. The standard InChI is InChI=1S/C16H23NO3/c1-12(2)20-15-9-5-4-8-14(15)16(18)17-10-6-7-13(11-17)19-3/h4-5,8-9,12-13H,6-7,10-11H2,1-3H3. The number of benzene rings is 1. The van der Waals surface area contributed by atoms with Crippen LogP contribution in [0.25, 0.3) is 0 Å². The molecule has 110 valence electrons. The van der Waals surface area contributed by atoms with E-state index >= 15 is 0 Å². The quantitative estimate of drug-likeness (QED) is 0.849. The van der Waals surface area contributed by atoms with E-state index in [1.165, 1.54) is 0 Å². The fourth-order valence-corrected chi connectivity index (χ4v) is 2.49. The van der Waals surface area contributed by atoms with Crippen molar-refractivity contribution >= 4 is 5.91 Å². The molecule has 1 aromatic rings. The first kappa shape index (κ1) is 14.9. The van der Waals surface area contributed by atoms with Gasteiger partial charge in [-0.15, -0.1) is 0 Å². The van der Waals surface area contributed by atoms with Crippen molar-refractivity contribution in [2.75, 3.05) is 20.2 Å². The van der Waals surface area contributed by atoms with Gasteiger partial charge in [0, 0.05) is 20.2 Å². The van der Waals surface area contributed by atoms with Gasteiger partial charge in [-0.1, -0.05) is 12.1 Å². The average Bonchev–Trinajstić information content (AvgIpc) is 2.46. The maximum atomic E-state index is 12.7. The number of nitrogens with zero attached hydrogens (tertiary/aromatic N) is 1. The van der Waals surface area contributed by atoms with E-state index in [-0.39, 0.29) is 18.1 Å². The van der Waals surface area contributed by atoms with Gasteiger partial charge in [0.25, 0.3) is 5.91 Å². The van der Waals surface area contributed by atoms with Crippen LogP contribution in [0.3, 0.4) is 0 Å². The fraction of sp³-hybridized carbons (Fsp3) is 0.562. The molecule has 1 aliphatic rings. The van der Waals surface area contributed by atoms with Gasteiger partial charge in [-0.2, -0.15) is 0 Å². The van der Waals surface area contributed by atoms with Crippen LogP contribution < -0.4 is 4.74 Å². The van der Waals surface area contributed by atoms with Crippen molar-refractivity contribution < 1.29 is 14.3 Å². The molecule has 4 nitrogen and oxygen atoms in total. The average molecular weight is 277 g/mol. The molecule has 20 heavy (non-hydrogen) atoms. The smallest absolute Gasteiger partial charge is 0.257 e. The van der Waals surface area contributed by atoms with Crippen LogP contribution in [0.4, 0.5) is 0 Å². The van der Waals surface area contributed by atoms with Crippen LogP contribution in [0.15, 0.2) is 24.3 Å². The molecule has 1 unspecified atom stereocenters. The van der Waals surface area contributed by atoms with Gasteiger partial charge >= 0.3 is 0 Å². The molecule has 0 aromatic heterocycles. The lowest BCUT2D eigenvalue weighted by atomic mass is 10.1. The van der Waals surface area contributed by atoms with Crippen molar-refractivity contribution in [2.24, 2.45) is 0 Å². The van der Waals surface area contributed by atoms with Crippen LogP contribution in [0, 0.1) is 0 Å². The summed E-state index contributed by atoms with van der Waals surface area (Å²) in [7, 11) is 1.70. The Balaban J connectivity index is 2.16. The normalized spacial score (nSPS) is 19.2. The summed E-state index contributed by atoms with van der Waals surface area (Å²) in [5.41, 5.74) is 0.637. The highest BCUT2D eigenvalue weighted by atomic mass is 16.5. The molecule has 2 rings (SSSR count). The third-order valence-corrected chi connectivity index (χ3v) is 3.48. The first-order valence-corrected chi connectivity index (χ1v) is 7.19. The molecule has 1 atom stereocenters. The van der Waals surface area contributed by atoms with Gasteiger partial charge in [-0.25, -0.2) is 0 Å². The molecule has 0 spiro atoms. The van der Waals surface area contributed by atoms with E-state index in [1.54, 1.807) is 7.11 Å². The number of para-hydroxylation sites is 1. The Bertz CT molecular complexity index is 459. The molecule has 1 aliphatic heterocycles.